The smallest absolute Gasteiger partial charge is 0.338 e. The number of likely N-dealkylation sites (N-methyl/N-ethyl adjacent to an activating group) is 1. The predicted octanol–water partition coefficient (Wildman–Crippen LogP) is -0.583. The fourth-order valence-corrected chi connectivity index (χ4v) is 3.86. The number of quaternary nitrogens is 1. The second kappa shape index (κ2) is 7.70. The molecule has 0 unspecified atom stereocenters. The number of hydrogen-bond donors (Lipinski definition) is 2. The number of nitrogens with one attached hydrogen (secondary N) is 2. The van der Waals surface area contributed by atoms with Gasteiger partial charge in [0, 0.05) is 37.1 Å². The van der Waals surface area contributed by atoms with Crippen LogP contribution in [0.3, 0.4) is 0 Å². The van der Waals surface area contributed by atoms with Crippen LogP contribution in [0.15, 0.2) is 18.2 Å². The van der Waals surface area contributed by atoms with Crippen LogP contribution in [-0.4, -0.2) is 66.6 Å². The standard InChI is InChI=1S/C19H22N4O6/c1-2-22-17(25)18(26)23(19(22)27)10-21-7-5-12(6-8-21)16(24)20-13-3-4-14-15(9-13)29-11-28-14/h3-4,9,12H,2,5-8,10-11H2,1H3,(H,20,24)/p+1. The third kappa shape index (κ3) is 3.63. The zero-order valence-electron chi connectivity index (χ0n) is 16.1. The molecular weight excluding hydrogens is 380 g/mol. The molecule has 3 heterocycles. The van der Waals surface area contributed by atoms with Gasteiger partial charge in [0.1, 0.15) is 0 Å². The maximum Gasteiger partial charge on any atom is 0.338 e. The van der Waals surface area contributed by atoms with E-state index in [0.29, 0.717) is 43.1 Å². The van der Waals surface area contributed by atoms with Crippen molar-refractivity contribution in [1.82, 2.24) is 9.80 Å². The van der Waals surface area contributed by atoms with Crippen molar-refractivity contribution in [3.8, 4) is 11.5 Å². The molecule has 29 heavy (non-hydrogen) atoms. The molecule has 1 aromatic rings. The first-order valence-corrected chi connectivity index (χ1v) is 9.69. The zero-order valence-corrected chi connectivity index (χ0v) is 16.1. The number of amides is 5. The SMILES string of the molecule is CCN1C(=O)C(=O)N(C[NH+]2CCC(C(=O)Nc3ccc4c(c3)OCO4)CC2)C1=O. The van der Waals surface area contributed by atoms with Gasteiger partial charge in [-0.2, -0.15) is 0 Å². The maximum atomic E-state index is 12.6. The average Bonchev–Trinajstić information content (AvgIpc) is 3.26. The van der Waals surface area contributed by atoms with Crippen LogP contribution < -0.4 is 19.7 Å². The van der Waals surface area contributed by atoms with E-state index in [1.165, 1.54) is 0 Å². The minimum absolute atomic E-state index is 0.0661. The lowest BCUT2D eigenvalue weighted by Crippen LogP contribution is -3.14. The van der Waals surface area contributed by atoms with Crippen molar-refractivity contribution >= 4 is 29.4 Å². The molecule has 0 bridgehead atoms. The van der Waals surface area contributed by atoms with E-state index in [9.17, 15) is 19.2 Å². The first-order chi connectivity index (χ1) is 14.0. The summed E-state index contributed by atoms with van der Waals surface area (Å²) in [6, 6.07) is 4.71. The Morgan fingerprint density at radius 3 is 2.48 bits per heavy atom. The molecule has 5 amide bonds. The van der Waals surface area contributed by atoms with Crippen molar-refractivity contribution in [2.45, 2.75) is 19.8 Å². The summed E-state index contributed by atoms with van der Waals surface area (Å²) in [4.78, 5) is 51.6. The molecule has 154 valence electrons. The highest BCUT2D eigenvalue weighted by Gasteiger charge is 2.45. The van der Waals surface area contributed by atoms with Crippen molar-refractivity contribution in [1.29, 1.82) is 0 Å². The van der Waals surface area contributed by atoms with E-state index in [0.717, 1.165) is 14.7 Å². The summed E-state index contributed by atoms with van der Waals surface area (Å²) in [5.74, 6) is -0.489. The molecule has 0 spiro atoms. The van der Waals surface area contributed by atoms with Crippen molar-refractivity contribution in [2.24, 2.45) is 5.92 Å². The second-order valence-corrected chi connectivity index (χ2v) is 7.30. The number of ether oxygens (including phenoxy) is 2. The Bertz CT molecular complexity index is 864. The lowest BCUT2D eigenvalue weighted by Gasteiger charge is -2.30. The second-order valence-electron chi connectivity index (χ2n) is 7.30. The predicted molar refractivity (Wildman–Crippen MR) is 99.1 cm³/mol. The number of piperidine rings is 1. The average molecular weight is 403 g/mol. The Kier molecular flexibility index (Phi) is 5.10. The molecule has 2 N–H and O–H groups in total. The molecule has 0 radical (unpaired) electrons. The highest BCUT2D eigenvalue weighted by molar-refractivity contribution is 6.44. The van der Waals surface area contributed by atoms with Crippen LogP contribution in [0.1, 0.15) is 19.8 Å². The van der Waals surface area contributed by atoms with Crippen molar-refractivity contribution in [2.75, 3.05) is 38.4 Å². The van der Waals surface area contributed by atoms with Gasteiger partial charge in [-0.05, 0) is 19.1 Å². The summed E-state index contributed by atoms with van der Waals surface area (Å²) in [5.41, 5.74) is 0.653. The summed E-state index contributed by atoms with van der Waals surface area (Å²) in [6.07, 6.45) is 1.26. The summed E-state index contributed by atoms with van der Waals surface area (Å²) in [7, 11) is 0. The van der Waals surface area contributed by atoms with E-state index in [4.69, 9.17) is 9.47 Å². The maximum absolute atomic E-state index is 12.6. The molecule has 3 aliphatic heterocycles. The third-order valence-electron chi connectivity index (χ3n) is 5.54. The molecule has 10 heteroatoms. The fourth-order valence-electron chi connectivity index (χ4n) is 3.86. The molecule has 2 saturated heterocycles. The van der Waals surface area contributed by atoms with Gasteiger partial charge in [0.15, 0.2) is 18.2 Å². The molecular formula is C19H23N4O6+. The van der Waals surface area contributed by atoms with Gasteiger partial charge in [-0.25, -0.2) is 9.69 Å². The Labute approximate surface area is 167 Å². The highest BCUT2D eigenvalue weighted by atomic mass is 16.7. The van der Waals surface area contributed by atoms with E-state index in [2.05, 4.69) is 5.32 Å². The van der Waals surface area contributed by atoms with Crippen LogP contribution in [0.4, 0.5) is 10.5 Å². The Morgan fingerprint density at radius 1 is 1.10 bits per heavy atom. The molecule has 0 atom stereocenters. The van der Waals surface area contributed by atoms with Gasteiger partial charge in [-0.15, -0.1) is 0 Å². The summed E-state index contributed by atoms with van der Waals surface area (Å²) >= 11 is 0. The van der Waals surface area contributed by atoms with Gasteiger partial charge in [-0.3, -0.25) is 19.3 Å². The fraction of sp³-hybridized carbons (Fsp3) is 0.474. The van der Waals surface area contributed by atoms with Crippen LogP contribution in [0.5, 0.6) is 11.5 Å². The molecule has 2 fully saturated rings. The van der Waals surface area contributed by atoms with Gasteiger partial charge in [0.25, 0.3) is 0 Å². The topological polar surface area (TPSA) is 110 Å². The van der Waals surface area contributed by atoms with E-state index in [1.807, 2.05) is 0 Å². The summed E-state index contributed by atoms with van der Waals surface area (Å²) < 4.78 is 10.6. The minimum Gasteiger partial charge on any atom is -0.454 e. The zero-order chi connectivity index (χ0) is 20.5. The lowest BCUT2D eigenvalue weighted by molar-refractivity contribution is -0.912. The Balaban J connectivity index is 1.29. The van der Waals surface area contributed by atoms with Crippen molar-refractivity contribution in [3.05, 3.63) is 18.2 Å². The largest absolute Gasteiger partial charge is 0.454 e. The molecule has 0 aromatic heterocycles. The van der Waals surface area contributed by atoms with Crippen LogP contribution >= 0.6 is 0 Å². The number of benzene rings is 1. The quantitative estimate of drug-likeness (QED) is 0.503. The van der Waals surface area contributed by atoms with Gasteiger partial charge in [0.2, 0.25) is 12.7 Å². The highest BCUT2D eigenvalue weighted by Crippen LogP contribution is 2.34. The van der Waals surface area contributed by atoms with Crippen molar-refractivity contribution < 1.29 is 33.6 Å². The number of likely N-dealkylation sites (tertiary alicyclic amines) is 1. The normalized spacial score (nSPS) is 23.7. The van der Waals surface area contributed by atoms with Gasteiger partial charge < -0.3 is 19.7 Å². The van der Waals surface area contributed by atoms with E-state index in [1.54, 1.807) is 25.1 Å². The lowest BCUT2D eigenvalue weighted by atomic mass is 9.96. The molecule has 3 aliphatic rings. The number of fused-ring (bicyclic) bond motifs is 1. The number of anilines is 1. The van der Waals surface area contributed by atoms with Gasteiger partial charge in [0.05, 0.1) is 13.1 Å². The van der Waals surface area contributed by atoms with E-state index in [-0.39, 0.29) is 31.8 Å². The van der Waals surface area contributed by atoms with Gasteiger partial charge in [-0.1, -0.05) is 0 Å². The van der Waals surface area contributed by atoms with Crippen LogP contribution in [0.25, 0.3) is 0 Å². The number of carbonyl (C=O) groups excluding carboxylic acids is 4. The Morgan fingerprint density at radius 2 is 1.79 bits per heavy atom. The summed E-state index contributed by atoms with van der Waals surface area (Å²) in [5, 5.41) is 2.91. The first kappa shape index (κ1) is 19.2. The number of carbonyl (C=O) groups is 4. The number of imide groups is 2. The third-order valence-corrected chi connectivity index (χ3v) is 5.54. The van der Waals surface area contributed by atoms with E-state index < -0.39 is 17.8 Å². The van der Waals surface area contributed by atoms with Crippen molar-refractivity contribution in [3.63, 3.8) is 0 Å². The number of rotatable bonds is 5. The minimum atomic E-state index is -0.771. The van der Waals surface area contributed by atoms with Gasteiger partial charge >= 0.3 is 17.8 Å². The van der Waals surface area contributed by atoms with Crippen LogP contribution in [-0.2, 0) is 14.4 Å². The number of nitrogens with zero attached hydrogens (tertiary/aromatic N) is 2. The van der Waals surface area contributed by atoms with Crippen LogP contribution in [0, 0.1) is 5.92 Å². The Hall–Kier alpha value is -3.14. The molecule has 0 saturated carbocycles. The molecule has 10 nitrogen and oxygen atoms in total. The van der Waals surface area contributed by atoms with E-state index >= 15 is 0 Å². The summed E-state index contributed by atoms with van der Waals surface area (Å²) in [6.45, 7) is 3.43. The molecule has 4 rings (SSSR count). The molecule has 0 aliphatic carbocycles. The molecule has 1 aromatic carbocycles. The number of urea groups is 1. The van der Waals surface area contributed by atoms with Crippen LogP contribution in [0.2, 0.25) is 0 Å². The first-order valence-electron chi connectivity index (χ1n) is 9.69. The monoisotopic (exact) mass is 403 g/mol. The number of hydrogen-bond acceptors (Lipinski definition) is 6.